The zero-order chi connectivity index (χ0) is 19.2. The van der Waals surface area contributed by atoms with Gasteiger partial charge in [-0.05, 0) is 43.7 Å². The molecule has 1 fully saturated rings. The third-order valence-electron chi connectivity index (χ3n) is 5.51. The number of anilines is 1. The molecule has 0 aromatic heterocycles. The van der Waals surface area contributed by atoms with Gasteiger partial charge in [-0.3, -0.25) is 4.79 Å². The number of hydrogen-bond donors (Lipinski definition) is 2. The highest BCUT2D eigenvalue weighted by atomic mass is 16.3. The molecule has 0 radical (unpaired) electrons. The first-order valence-electron chi connectivity index (χ1n) is 9.79. The Morgan fingerprint density at radius 1 is 1.11 bits per heavy atom. The normalized spacial score (nSPS) is 16.1. The number of amides is 1. The molecular weight excluding hydrogens is 338 g/mol. The van der Waals surface area contributed by atoms with Crippen LogP contribution in [-0.4, -0.2) is 54.7 Å². The minimum Gasteiger partial charge on any atom is -0.508 e. The number of likely N-dealkylation sites (N-methyl/N-ethyl adjacent to an activating group) is 1. The maximum absolute atomic E-state index is 13.0. The first-order valence-corrected chi connectivity index (χ1v) is 9.79. The van der Waals surface area contributed by atoms with Gasteiger partial charge in [-0.2, -0.15) is 0 Å². The van der Waals surface area contributed by atoms with E-state index in [1.807, 2.05) is 42.2 Å². The van der Waals surface area contributed by atoms with Crippen molar-refractivity contribution in [1.82, 2.24) is 4.90 Å². The lowest BCUT2D eigenvalue weighted by molar-refractivity contribution is -0.915. The molecule has 5 nitrogen and oxygen atoms in total. The van der Waals surface area contributed by atoms with Crippen LogP contribution < -0.4 is 9.80 Å². The van der Waals surface area contributed by atoms with Crippen molar-refractivity contribution in [2.45, 2.75) is 26.4 Å². The van der Waals surface area contributed by atoms with Gasteiger partial charge < -0.3 is 19.8 Å². The Morgan fingerprint density at radius 2 is 1.74 bits per heavy atom. The number of carbonyl (C=O) groups excluding carboxylic acids is 1. The zero-order valence-electron chi connectivity index (χ0n) is 16.3. The molecule has 1 heterocycles. The van der Waals surface area contributed by atoms with Gasteiger partial charge in [0.25, 0.3) is 5.91 Å². The number of phenols is 1. The standard InChI is InChI=1S/C22H29N3O2/c1-3-23(17-19-7-5-4-6-8-19)22(27)18(2)24-13-15-25(16-14-24)20-9-11-21(26)12-10-20/h4-12,18,26H,3,13-17H2,1-2H3/p+1/t18-/m0/s1. The second-order valence-electron chi connectivity index (χ2n) is 7.22. The average molecular weight is 369 g/mol. The van der Waals surface area contributed by atoms with Crippen molar-refractivity contribution in [3.05, 3.63) is 60.2 Å². The lowest BCUT2D eigenvalue weighted by Gasteiger charge is -2.37. The molecule has 27 heavy (non-hydrogen) atoms. The second kappa shape index (κ2) is 8.91. The summed E-state index contributed by atoms with van der Waals surface area (Å²) in [6, 6.07) is 17.5. The number of phenolic OH excluding ortho intramolecular Hbond substituents is 1. The molecule has 2 N–H and O–H groups in total. The first kappa shape index (κ1) is 19.2. The number of nitrogens with zero attached hydrogens (tertiary/aromatic N) is 2. The summed E-state index contributed by atoms with van der Waals surface area (Å²) >= 11 is 0. The molecule has 0 aliphatic carbocycles. The molecule has 3 rings (SSSR count). The summed E-state index contributed by atoms with van der Waals surface area (Å²) in [4.78, 5) is 18.7. The molecular formula is C22H30N3O2+. The van der Waals surface area contributed by atoms with Crippen molar-refractivity contribution in [1.29, 1.82) is 0 Å². The molecule has 144 valence electrons. The molecule has 0 unspecified atom stereocenters. The van der Waals surface area contributed by atoms with Crippen molar-refractivity contribution >= 4 is 11.6 Å². The van der Waals surface area contributed by atoms with Crippen LogP contribution in [0.2, 0.25) is 0 Å². The fourth-order valence-electron chi connectivity index (χ4n) is 3.75. The van der Waals surface area contributed by atoms with Crippen LogP contribution in [0.15, 0.2) is 54.6 Å². The molecule has 0 spiro atoms. The van der Waals surface area contributed by atoms with E-state index in [2.05, 4.69) is 24.0 Å². The van der Waals surface area contributed by atoms with E-state index in [0.29, 0.717) is 12.3 Å². The van der Waals surface area contributed by atoms with Gasteiger partial charge in [0.05, 0.1) is 26.2 Å². The SMILES string of the molecule is CCN(Cc1ccccc1)C(=O)[C@H](C)[NH+]1CCN(c2ccc(O)cc2)CC1. The van der Waals surface area contributed by atoms with E-state index in [9.17, 15) is 9.90 Å². The predicted octanol–water partition coefficient (Wildman–Crippen LogP) is 1.53. The van der Waals surface area contributed by atoms with Crippen LogP contribution in [0.5, 0.6) is 5.75 Å². The van der Waals surface area contributed by atoms with Crippen LogP contribution in [0, 0.1) is 0 Å². The van der Waals surface area contributed by atoms with Gasteiger partial charge in [-0.25, -0.2) is 0 Å². The number of hydrogen-bond acceptors (Lipinski definition) is 3. The number of piperazine rings is 1. The van der Waals surface area contributed by atoms with Crippen LogP contribution >= 0.6 is 0 Å². The minimum absolute atomic E-state index is 0.0318. The summed E-state index contributed by atoms with van der Waals surface area (Å²) in [5.41, 5.74) is 2.30. The van der Waals surface area contributed by atoms with E-state index in [4.69, 9.17) is 0 Å². The molecule has 1 atom stereocenters. The highest BCUT2D eigenvalue weighted by Gasteiger charge is 2.31. The summed E-state index contributed by atoms with van der Waals surface area (Å²) in [5.74, 6) is 0.523. The van der Waals surface area contributed by atoms with E-state index in [0.717, 1.165) is 38.4 Å². The molecule has 5 heteroatoms. The summed E-state index contributed by atoms with van der Waals surface area (Å²) in [5, 5.41) is 9.45. The Labute approximate surface area is 161 Å². The van der Waals surface area contributed by atoms with Crippen molar-refractivity contribution < 1.29 is 14.8 Å². The van der Waals surface area contributed by atoms with Crippen LogP contribution in [0.4, 0.5) is 5.69 Å². The number of aromatic hydroxyl groups is 1. The molecule has 2 aromatic rings. The zero-order valence-corrected chi connectivity index (χ0v) is 16.3. The summed E-state index contributed by atoms with van der Waals surface area (Å²) in [6.07, 6.45) is 0. The molecule has 1 saturated heterocycles. The van der Waals surface area contributed by atoms with Crippen LogP contribution in [-0.2, 0) is 11.3 Å². The van der Waals surface area contributed by atoms with Crippen LogP contribution in [0.1, 0.15) is 19.4 Å². The Kier molecular flexibility index (Phi) is 6.35. The highest BCUT2D eigenvalue weighted by Crippen LogP contribution is 2.18. The number of quaternary nitrogens is 1. The fourth-order valence-corrected chi connectivity index (χ4v) is 3.75. The van der Waals surface area contributed by atoms with Gasteiger partial charge in [0.1, 0.15) is 5.75 Å². The predicted molar refractivity (Wildman–Crippen MR) is 108 cm³/mol. The van der Waals surface area contributed by atoms with Gasteiger partial charge in [0, 0.05) is 18.8 Å². The van der Waals surface area contributed by atoms with Gasteiger partial charge in [-0.15, -0.1) is 0 Å². The maximum Gasteiger partial charge on any atom is 0.280 e. The van der Waals surface area contributed by atoms with Crippen molar-refractivity contribution in [2.24, 2.45) is 0 Å². The second-order valence-corrected chi connectivity index (χ2v) is 7.22. The molecule has 0 saturated carbocycles. The van der Waals surface area contributed by atoms with E-state index in [-0.39, 0.29) is 11.9 Å². The highest BCUT2D eigenvalue weighted by molar-refractivity contribution is 5.80. The largest absolute Gasteiger partial charge is 0.508 e. The van der Waals surface area contributed by atoms with E-state index >= 15 is 0 Å². The monoisotopic (exact) mass is 368 g/mol. The van der Waals surface area contributed by atoms with E-state index in [1.165, 1.54) is 10.5 Å². The van der Waals surface area contributed by atoms with Gasteiger partial charge in [-0.1, -0.05) is 30.3 Å². The maximum atomic E-state index is 13.0. The number of benzene rings is 2. The van der Waals surface area contributed by atoms with Gasteiger partial charge in [0.15, 0.2) is 6.04 Å². The molecule has 2 aromatic carbocycles. The third kappa shape index (κ3) is 4.80. The number of nitrogens with one attached hydrogen (secondary N) is 1. The first-order chi connectivity index (χ1) is 13.1. The number of carbonyl (C=O) groups is 1. The van der Waals surface area contributed by atoms with Crippen LogP contribution in [0.25, 0.3) is 0 Å². The smallest absolute Gasteiger partial charge is 0.280 e. The Hall–Kier alpha value is -2.53. The molecule has 0 bridgehead atoms. The topological polar surface area (TPSA) is 48.2 Å². The summed E-state index contributed by atoms with van der Waals surface area (Å²) in [7, 11) is 0. The van der Waals surface area contributed by atoms with Crippen molar-refractivity contribution in [2.75, 3.05) is 37.6 Å². The van der Waals surface area contributed by atoms with Gasteiger partial charge >= 0.3 is 0 Å². The van der Waals surface area contributed by atoms with E-state index < -0.39 is 0 Å². The molecule has 1 aliphatic heterocycles. The minimum atomic E-state index is -0.0318. The van der Waals surface area contributed by atoms with E-state index in [1.54, 1.807) is 12.1 Å². The van der Waals surface area contributed by atoms with Crippen molar-refractivity contribution in [3.63, 3.8) is 0 Å². The fraction of sp³-hybridized carbons (Fsp3) is 0.409. The lowest BCUT2D eigenvalue weighted by Crippen LogP contribution is -3.19. The third-order valence-corrected chi connectivity index (χ3v) is 5.51. The summed E-state index contributed by atoms with van der Waals surface area (Å²) in [6.45, 7) is 9.23. The lowest BCUT2D eigenvalue weighted by atomic mass is 10.1. The molecule has 1 amide bonds. The quantitative estimate of drug-likeness (QED) is 0.813. The summed E-state index contributed by atoms with van der Waals surface area (Å²) < 4.78 is 0. The average Bonchev–Trinajstić information content (AvgIpc) is 2.72. The number of rotatable bonds is 6. The van der Waals surface area contributed by atoms with Crippen molar-refractivity contribution in [3.8, 4) is 5.75 Å². The Bertz CT molecular complexity index is 725. The Balaban J connectivity index is 1.56. The van der Waals surface area contributed by atoms with Crippen LogP contribution in [0.3, 0.4) is 0 Å². The molecule has 1 aliphatic rings. The Morgan fingerprint density at radius 3 is 2.33 bits per heavy atom. The van der Waals surface area contributed by atoms with Gasteiger partial charge in [0.2, 0.25) is 0 Å².